The molecule has 19 heavy (non-hydrogen) atoms. The molecule has 1 aliphatic heterocycles. The van der Waals surface area contributed by atoms with Gasteiger partial charge in [-0.25, -0.2) is 8.42 Å². The molecular weight excluding hydrogens is 262 g/mol. The zero-order valence-corrected chi connectivity index (χ0v) is 12.7. The lowest BCUT2D eigenvalue weighted by Gasteiger charge is -2.13. The summed E-state index contributed by atoms with van der Waals surface area (Å²) < 4.78 is 28.3. The van der Waals surface area contributed by atoms with Crippen LogP contribution in [-0.4, -0.2) is 36.4 Å². The average Bonchev–Trinajstić information content (AvgIpc) is 2.95. The van der Waals surface area contributed by atoms with E-state index in [4.69, 9.17) is 0 Å². The summed E-state index contributed by atoms with van der Waals surface area (Å²) in [5.74, 6) is 0. The highest BCUT2D eigenvalue weighted by Crippen LogP contribution is 2.22. The molecule has 0 atom stereocenters. The van der Waals surface area contributed by atoms with Gasteiger partial charge in [0, 0.05) is 44.6 Å². The Hall–Kier alpha value is -0.850. The predicted molar refractivity (Wildman–Crippen MR) is 75.4 cm³/mol. The van der Waals surface area contributed by atoms with E-state index in [1.54, 1.807) is 16.6 Å². The molecule has 0 radical (unpaired) electrons. The molecule has 0 spiro atoms. The third kappa shape index (κ3) is 3.19. The van der Waals surface area contributed by atoms with Crippen LogP contribution in [0.25, 0.3) is 0 Å². The molecule has 1 saturated heterocycles. The van der Waals surface area contributed by atoms with Crippen molar-refractivity contribution in [3.63, 3.8) is 0 Å². The fourth-order valence-corrected chi connectivity index (χ4v) is 3.89. The average molecular weight is 285 g/mol. The molecule has 2 rings (SSSR count). The molecule has 1 fully saturated rings. The van der Waals surface area contributed by atoms with Crippen molar-refractivity contribution in [2.45, 2.75) is 44.2 Å². The van der Waals surface area contributed by atoms with Gasteiger partial charge in [-0.05, 0) is 18.9 Å². The minimum atomic E-state index is -3.29. The first-order valence-corrected chi connectivity index (χ1v) is 8.24. The van der Waals surface area contributed by atoms with Crippen molar-refractivity contribution in [1.29, 1.82) is 0 Å². The Balaban J connectivity index is 2.19. The summed E-state index contributed by atoms with van der Waals surface area (Å²) in [5, 5.41) is 3.31. The number of aromatic nitrogens is 1. The number of hydrogen-bond donors (Lipinski definition) is 1. The molecule has 5 nitrogen and oxygen atoms in total. The van der Waals surface area contributed by atoms with Gasteiger partial charge in [0.2, 0.25) is 10.0 Å². The number of sulfonamides is 1. The van der Waals surface area contributed by atoms with Crippen molar-refractivity contribution in [1.82, 2.24) is 14.2 Å². The van der Waals surface area contributed by atoms with Crippen LogP contribution < -0.4 is 5.32 Å². The molecule has 0 unspecified atom stereocenters. The van der Waals surface area contributed by atoms with E-state index in [-0.39, 0.29) is 0 Å². The van der Waals surface area contributed by atoms with Gasteiger partial charge < -0.3 is 9.88 Å². The van der Waals surface area contributed by atoms with E-state index in [9.17, 15) is 8.42 Å². The van der Waals surface area contributed by atoms with Crippen molar-refractivity contribution in [3.05, 3.63) is 18.0 Å². The minimum absolute atomic E-state index is 0.383. The second-order valence-electron chi connectivity index (χ2n) is 5.42. The van der Waals surface area contributed by atoms with E-state index in [1.807, 2.05) is 11.6 Å². The highest BCUT2D eigenvalue weighted by atomic mass is 32.2. The standard InChI is InChI=1S/C13H23N3O2S/c1-11(2)14-9-12-8-13(10-15(12)3)19(17,18)16-6-4-5-7-16/h8,10-11,14H,4-7,9H2,1-3H3. The molecule has 6 heteroatoms. The van der Waals surface area contributed by atoms with Crippen LogP contribution in [0, 0.1) is 0 Å². The van der Waals surface area contributed by atoms with Crippen LogP contribution in [0.2, 0.25) is 0 Å². The highest BCUT2D eigenvalue weighted by molar-refractivity contribution is 7.89. The van der Waals surface area contributed by atoms with E-state index < -0.39 is 10.0 Å². The fraction of sp³-hybridized carbons (Fsp3) is 0.692. The van der Waals surface area contributed by atoms with E-state index in [1.165, 1.54) is 0 Å². The van der Waals surface area contributed by atoms with Gasteiger partial charge in [-0.1, -0.05) is 13.8 Å². The topological polar surface area (TPSA) is 54.3 Å². The highest BCUT2D eigenvalue weighted by Gasteiger charge is 2.28. The van der Waals surface area contributed by atoms with Crippen LogP contribution in [0.3, 0.4) is 0 Å². The molecule has 0 amide bonds. The Labute approximate surface area is 115 Å². The van der Waals surface area contributed by atoms with Crippen molar-refractivity contribution < 1.29 is 8.42 Å². The summed E-state index contributed by atoms with van der Waals surface area (Å²) in [7, 11) is -1.40. The Morgan fingerprint density at radius 2 is 1.95 bits per heavy atom. The smallest absolute Gasteiger partial charge is 0.244 e. The lowest BCUT2D eigenvalue weighted by Crippen LogP contribution is -2.27. The van der Waals surface area contributed by atoms with Crippen molar-refractivity contribution in [2.24, 2.45) is 7.05 Å². The van der Waals surface area contributed by atoms with Gasteiger partial charge in [-0.15, -0.1) is 0 Å². The Morgan fingerprint density at radius 3 is 2.53 bits per heavy atom. The lowest BCUT2D eigenvalue weighted by atomic mass is 10.3. The zero-order valence-electron chi connectivity index (χ0n) is 11.9. The minimum Gasteiger partial charge on any atom is -0.352 e. The first-order valence-electron chi connectivity index (χ1n) is 6.80. The Bertz CT molecular complexity index is 528. The fourth-order valence-electron chi connectivity index (χ4n) is 2.28. The molecule has 1 aromatic heterocycles. The summed E-state index contributed by atoms with van der Waals surface area (Å²) in [5.41, 5.74) is 0.992. The number of aryl methyl sites for hydroxylation is 1. The second-order valence-corrected chi connectivity index (χ2v) is 7.36. The third-order valence-corrected chi connectivity index (χ3v) is 5.34. The molecule has 108 valence electrons. The van der Waals surface area contributed by atoms with Gasteiger partial charge in [0.1, 0.15) is 4.90 Å². The summed E-state index contributed by atoms with van der Waals surface area (Å²) in [6.07, 6.45) is 3.65. The number of nitrogens with zero attached hydrogens (tertiary/aromatic N) is 2. The van der Waals surface area contributed by atoms with Crippen LogP contribution >= 0.6 is 0 Å². The summed E-state index contributed by atoms with van der Waals surface area (Å²) in [6, 6.07) is 2.16. The number of hydrogen-bond acceptors (Lipinski definition) is 3. The molecule has 0 bridgehead atoms. The summed E-state index contributed by atoms with van der Waals surface area (Å²) in [6.45, 7) is 6.13. The Morgan fingerprint density at radius 1 is 1.32 bits per heavy atom. The normalized spacial score (nSPS) is 17.5. The van der Waals surface area contributed by atoms with Crippen molar-refractivity contribution >= 4 is 10.0 Å². The molecule has 2 heterocycles. The molecule has 1 N–H and O–H groups in total. The maximum atomic E-state index is 12.4. The van der Waals surface area contributed by atoms with Gasteiger partial charge >= 0.3 is 0 Å². The molecule has 1 aromatic rings. The summed E-state index contributed by atoms with van der Waals surface area (Å²) in [4.78, 5) is 0.414. The molecule has 0 aliphatic carbocycles. The van der Waals surface area contributed by atoms with Crippen LogP contribution in [0.1, 0.15) is 32.4 Å². The first kappa shape index (κ1) is 14.6. The zero-order chi connectivity index (χ0) is 14.0. The van der Waals surface area contributed by atoms with E-state index in [0.29, 0.717) is 30.6 Å². The van der Waals surface area contributed by atoms with Crippen molar-refractivity contribution in [2.75, 3.05) is 13.1 Å². The van der Waals surface area contributed by atoms with E-state index in [0.717, 1.165) is 18.5 Å². The monoisotopic (exact) mass is 285 g/mol. The van der Waals surface area contributed by atoms with E-state index >= 15 is 0 Å². The third-order valence-electron chi connectivity index (χ3n) is 3.48. The molecule has 0 saturated carbocycles. The number of rotatable bonds is 5. The summed E-state index contributed by atoms with van der Waals surface area (Å²) >= 11 is 0. The van der Waals surface area contributed by atoms with Gasteiger partial charge in [-0.3, -0.25) is 0 Å². The van der Waals surface area contributed by atoms with E-state index in [2.05, 4.69) is 19.2 Å². The molecular formula is C13H23N3O2S. The Kier molecular flexibility index (Phi) is 4.32. The van der Waals surface area contributed by atoms with Gasteiger partial charge in [0.25, 0.3) is 0 Å². The molecule has 0 aromatic carbocycles. The second kappa shape index (κ2) is 5.64. The maximum absolute atomic E-state index is 12.4. The predicted octanol–water partition coefficient (Wildman–Crippen LogP) is 1.31. The lowest BCUT2D eigenvalue weighted by molar-refractivity contribution is 0.477. The van der Waals surface area contributed by atoms with Gasteiger partial charge in [0.15, 0.2) is 0 Å². The SMILES string of the molecule is CC(C)NCc1cc(S(=O)(=O)N2CCCC2)cn1C. The molecule has 1 aliphatic rings. The first-order chi connectivity index (χ1) is 8.91. The van der Waals surface area contributed by atoms with Crippen LogP contribution in [0.15, 0.2) is 17.2 Å². The van der Waals surface area contributed by atoms with Gasteiger partial charge in [-0.2, -0.15) is 4.31 Å². The van der Waals surface area contributed by atoms with Crippen LogP contribution in [-0.2, 0) is 23.6 Å². The van der Waals surface area contributed by atoms with Gasteiger partial charge in [0.05, 0.1) is 0 Å². The van der Waals surface area contributed by atoms with Crippen molar-refractivity contribution in [3.8, 4) is 0 Å². The van der Waals surface area contributed by atoms with Crippen LogP contribution in [0.4, 0.5) is 0 Å². The number of nitrogens with one attached hydrogen (secondary N) is 1. The maximum Gasteiger partial charge on any atom is 0.244 e. The largest absolute Gasteiger partial charge is 0.352 e. The van der Waals surface area contributed by atoms with Crippen LogP contribution in [0.5, 0.6) is 0 Å². The quantitative estimate of drug-likeness (QED) is 0.887.